The second-order valence-corrected chi connectivity index (χ2v) is 7.11. The molecule has 0 radical (unpaired) electrons. The average Bonchev–Trinajstić information content (AvgIpc) is 2.67. The molecule has 170 valence electrons. The highest BCUT2D eigenvalue weighted by molar-refractivity contribution is 5.35. The molecule has 1 fully saturated rings. The van der Waals surface area contributed by atoms with Crippen LogP contribution in [0.5, 0.6) is 0 Å². The van der Waals surface area contributed by atoms with Crippen molar-refractivity contribution in [2.75, 3.05) is 19.7 Å². The molecule has 0 amide bonds. The summed E-state index contributed by atoms with van der Waals surface area (Å²) in [6.07, 6.45) is -13.2. The van der Waals surface area contributed by atoms with Crippen LogP contribution in [0, 0.1) is 5.82 Å². The number of alkyl halides is 6. The van der Waals surface area contributed by atoms with Crippen molar-refractivity contribution in [3.05, 3.63) is 70.5 Å². The number of aliphatic hydroxyl groups is 2. The van der Waals surface area contributed by atoms with Gasteiger partial charge >= 0.3 is 12.4 Å². The minimum absolute atomic E-state index is 0.0158. The van der Waals surface area contributed by atoms with E-state index in [9.17, 15) is 40.9 Å². The van der Waals surface area contributed by atoms with Crippen molar-refractivity contribution in [1.29, 1.82) is 0 Å². The number of rotatable bonds is 4. The molecule has 1 heterocycles. The summed E-state index contributed by atoms with van der Waals surface area (Å²) in [7, 11) is 0. The van der Waals surface area contributed by atoms with Crippen molar-refractivity contribution in [2.45, 2.75) is 30.8 Å². The maximum Gasteiger partial charge on any atom is 0.416 e. The van der Waals surface area contributed by atoms with Gasteiger partial charge in [-0.05, 0) is 41.5 Å². The minimum atomic E-state index is -5.04. The van der Waals surface area contributed by atoms with Crippen LogP contribution in [-0.2, 0) is 17.1 Å². The zero-order valence-corrected chi connectivity index (χ0v) is 15.8. The van der Waals surface area contributed by atoms with Gasteiger partial charge in [0.2, 0.25) is 0 Å². The Morgan fingerprint density at radius 2 is 1.52 bits per heavy atom. The van der Waals surface area contributed by atoms with Crippen LogP contribution < -0.4 is 0 Å². The van der Waals surface area contributed by atoms with E-state index in [1.165, 1.54) is 17.0 Å². The summed E-state index contributed by atoms with van der Waals surface area (Å²) in [5.74, 6) is -0.537. The Hall–Kier alpha value is -2.21. The van der Waals surface area contributed by atoms with Gasteiger partial charge in [-0.1, -0.05) is 12.1 Å². The summed E-state index contributed by atoms with van der Waals surface area (Å²) < 4.78 is 96.9. The average molecular weight is 453 g/mol. The number of benzene rings is 2. The molecule has 0 spiro atoms. The fraction of sp³-hybridized carbons (Fsp3) is 0.400. The van der Waals surface area contributed by atoms with Crippen LogP contribution >= 0.6 is 0 Å². The summed E-state index contributed by atoms with van der Waals surface area (Å²) in [4.78, 5) is 1.46. The number of β-amino-alcohol motifs (C(OH)–C–C–N with tert-alkyl or cyclic N) is 1. The van der Waals surface area contributed by atoms with E-state index in [1.54, 1.807) is 0 Å². The number of hydrogen-bond donors (Lipinski definition) is 2. The third-order valence-electron chi connectivity index (χ3n) is 4.94. The van der Waals surface area contributed by atoms with Crippen molar-refractivity contribution < 1.29 is 45.7 Å². The summed E-state index contributed by atoms with van der Waals surface area (Å²) in [5.41, 5.74) is -3.23. The molecule has 1 saturated heterocycles. The number of aliphatic hydroxyl groups excluding tert-OH is 2. The third-order valence-corrected chi connectivity index (χ3v) is 4.94. The zero-order valence-electron chi connectivity index (χ0n) is 15.8. The van der Waals surface area contributed by atoms with Crippen molar-refractivity contribution in [1.82, 2.24) is 4.90 Å². The molecule has 0 saturated carbocycles. The van der Waals surface area contributed by atoms with Crippen molar-refractivity contribution >= 4 is 0 Å². The standard InChI is InChI=1S/C20H18F7NO3/c21-15-3-1-11(2-4-15)17-18(30)31-6-5-28(17)10-16(29)12-7-13(19(22,23)24)9-14(8-12)20(25,26)27/h1-4,7-9,16-18,29-30H,5-6,10H2/t16?,17-,18?/m0/s1. The maximum atomic E-state index is 13.2. The monoisotopic (exact) mass is 453 g/mol. The Labute approximate surface area is 172 Å². The van der Waals surface area contributed by atoms with E-state index in [4.69, 9.17) is 4.74 Å². The maximum absolute atomic E-state index is 13.2. The highest BCUT2D eigenvalue weighted by atomic mass is 19.4. The second kappa shape index (κ2) is 8.73. The van der Waals surface area contributed by atoms with Gasteiger partial charge in [0.05, 0.1) is 29.9 Å². The van der Waals surface area contributed by atoms with Crippen molar-refractivity contribution in [2.24, 2.45) is 0 Å². The molecular formula is C20H18F7NO3. The molecule has 0 bridgehead atoms. The topological polar surface area (TPSA) is 52.9 Å². The van der Waals surface area contributed by atoms with E-state index in [0.717, 1.165) is 12.1 Å². The fourth-order valence-corrected chi connectivity index (χ4v) is 3.44. The van der Waals surface area contributed by atoms with Gasteiger partial charge in [0.25, 0.3) is 0 Å². The molecular weight excluding hydrogens is 435 g/mol. The molecule has 2 N–H and O–H groups in total. The molecule has 2 unspecified atom stereocenters. The lowest BCUT2D eigenvalue weighted by Crippen LogP contribution is -2.46. The first-order valence-electron chi connectivity index (χ1n) is 9.13. The van der Waals surface area contributed by atoms with Crippen LogP contribution in [0.4, 0.5) is 30.7 Å². The SMILES string of the molecule is OC(CN1CCOC(O)[C@@H]1c1ccc(F)cc1)c1cc(C(F)(F)F)cc(C(F)(F)F)c1. The Balaban J connectivity index is 1.91. The highest BCUT2D eigenvalue weighted by Gasteiger charge is 2.38. The first-order chi connectivity index (χ1) is 14.4. The molecule has 31 heavy (non-hydrogen) atoms. The van der Waals surface area contributed by atoms with Gasteiger partial charge in [0, 0.05) is 13.1 Å². The lowest BCUT2D eigenvalue weighted by Gasteiger charge is -2.40. The molecule has 2 aromatic rings. The van der Waals surface area contributed by atoms with Crippen LogP contribution in [0.15, 0.2) is 42.5 Å². The Morgan fingerprint density at radius 3 is 2.03 bits per heavy atom. The van der Waals surface area contributed by atoms with E-state index in [2.05, 4.69) is 0 Å². The number of morpholine rings is 1. The minimum Gasteiger partial charge on any atom is -0.387 e. The van der Waals surface area contributed by atoms with Crippen molar-refractivity contribution in [3.63, 3.8) is 0 Å². The van der Waals surface area contributed by atoms with E-state index in [-0.39, 0.29) is 25.8 Å². The second-order valence-electron chi connectivity index (χ2n) is 7.11. The quantitative estimate of drug-likeness (QED) is 0.679. The van der Waals surface area contributed by atoms with Crippen molar-refractivity contribution in [3.8, 4) is 0 Å². The first-order valence-corrected chi connectivity index (χ1v) is 9.13. The predicted octanol–water partition coefficient (Wildman–Crippen LogP) is 4.29. The van der Waals surface area contributed by atoms with Gasteiger partial charge in [0.15, 0.2) is 6.29 Å². The molecule has 1 aliphatic heterocycles. The number of nitrogens with zero attached hydrogens (tertiary/aromatic N) is 1. The summed E-state index contributed by atoms with van der Waals surface area (Å²) in [5, 5.41) is 20.7. The normalized spacial score (nSPS) is 21.8. The number of ether oxygens (including phenoxy) is 1. The van der Waals surface area contributed by atoms with E-state index in [0.29, 0.717) is 17.7 Å². The molecule has 1 aliphatic rings. The smallest absolute Gasteiger partial charge is 0.387 e. The van der Waals surface area contributed by atoms with Gasteiger partial charge in [-0.15, -0.1) is 0 Å². The summed E-state index contributed by atoms with van der Waals surface area (Å²) in [6.45, 7) is -0.246. The summed E-state index contributed by atoms with van der Waals surface area (Å²) >= 11 is 0. The van der Waals surface area contributed by atoms with E-state index >= 15 is 0 Å². The predicted molar refractivity (Wildman–Crippen MR) is 94.1 cm³/mol. The molecule has 2 aromatic carbocycles. The van der Waals surface area contributed by atoms with Gasteiger partial charge in [0.1, 0.15) is 5.82 Å². The Kier molecular flexibility index (Phi) is 6.61. The van der Waals surface area contributed by atoms with Crippen LogP contribution in [0.2, 0.25) is 0 Å². The lowest BCUT2D eigenvalue weighted by molar-refractivity contribution is -0.185. The molecule has 4 nitrogen and oxygen atoms in total. The Bertz CT molecular complexity index is 867. The van der Waals surface area contributed by atoms with E-state index < -0.39 is 53.3 Å². The van der Waals surface area contributed by atoms with Gasteiger partial charge in [-0.2, -0.15) is 26.3 Å². The molecule has 3 atom stereocenters. The highest BCUT2D eigenvalue weighted by Crippen LogP contribution is 2.38. The Morgan fingerprint density at radius 1 is 0.968 bits per heavy atom. The zero-order chi connectivity index (χ0) is 23.0. The van der Waals surface area contributed by atoms with Crippen LogP contribution in [0.25, 0.3) is 0 Å². The molecule has 0 aliphatic carbocycles. The van der Waals surface area contributed by atoms with Crippen LogP contribution in [0.3, 0.4) is 0 Å². The largest absolute Gasteiger partial charge is 0.416 e. The van der Waals surface area contributed by atoms with E-state index in [1.807, 2.05) is 0 Å². The summed E-state index contributed by atoms with van der Waals surface area (Å²) in [6, 6.07) is 4.99. The van der Waals surface area contributed by atoms with Crippen LogP contribution in [-0.4, -0.2) is 41.1 Å². The molecule has 0 aromatic heterocycles. The number of hydrogen-bond acceptors (Lipinski definition) is 4. The molecule has 3 rings (SSSR count). The third kappa shape index (κ3) is 5.53. The first kappa shape index (κ1) is 23.5. The molecule has 11 heteroatoms. The number of halogens is 7. The van der Waals surface area contributed by atoms with Gasteiger partial charge in [-0.3, -0.25) is 4.90 Å². The lowest BCUT2D eigenvalue weighted by atomic mass is 9.98. The fourth-order valence-electron chi connectivity index (χ4n) is 3.44. The van der Waals surface area contributed by atoms with Gasteiger partial charge < -0.3 is 14.9 Å². The van der Waals surface area contributed by atoms with Crippen LogP contribution in [0.1, 0.15) is 34.4 Å². The van der Waals surface area contributed by atoms with Gasteiger partial charge in [-0.25, -0.2) is 4.39 Å².